The summed E-state index contributed by atoms with van der Waals surface area (Å²) in [5, 5.41) is 2.35. The molecule has 0 spiro atoms. The molecule has 0 heterocycles. The molecule has 1 N–H and O–H groups in total. The summed E-state index contributed by atoms with van der Waals surface area (Å²) >= 11 is 3.10. The van der Waals surface area contributed by atoms with Crippen molar-refractivity contribution in [2.75, 3.05) is 10.6 Å². The molecule has 0 aliphatic heterocycles. The zero-order valence-electron chi connectivity index (χ0n) is 10.6. The lowest BCUT2D eigenvalue weighted by Gasteiger charge is -2.20. The molecule has 1 amide bonds. The summed E-state index contributed by atoms with van der Waals surface area (Å²) in [6.45, 7) is 0. The highest BCUT2D eigenvalue weighted by molar-refractivity contribution is 9.09. The van der Waals surface area contributed by atoms with Crippen molar-refractivity contribution < 1.29 is 14.3 Å². The minimum atomic E-state index is -0.532. The Morgan fingerprint density at radius 1 is 1.22 bits per heavy atom. The van der Waals surface area contributed by atoms with Crippen molar-refractivity contribution in [1.29, 1.82) is 0 Å². The third-order valence-corrected chi connectivity index (χ3v) is 2.48. The van der Waals surface area contributed by atoms with Crippen molar-refractivity contribution in [2.45, 2.75) is 5.30 Å². The number of halogens is 1. The maximum atomic E-state index is 11.5. The van der Waals surface area contributed by atoms with E-state index in [2.05, 4.69) is 21.2 Å². The molecule has 8 heteroatoms. The number of hydrogen-bond acceptors (Lipinski definition) is 3. The normalized spacial score (nSPS) is 10.7. The Hall–Kier alpha value is -1.17. The second-order valence-electron chi connectivity index (χ2n) is 4.76. The summed E-state index contributed by atoms with van der Waals surface area (Å²) < 4.78 is 5.12. The Morgan fingerprint density at radius 2 is 1.78 bits per heavy atom. The average Bonchev–Trinajstić information content (AvgIpc) is 2.26. The molecule has 0 aromatic heterocycles. The first-order valence-electron chi connectivity index (χ1n) is 5.51. The van der Waals surface area contributed by atoms with E-state index in [9.17, 15) is 9.59 Å². The van der Waals surface area contributed by atoms with E-state index in [0.717, 1.165) is 0 Å². The van der Waals surface area contributed by atoms with Gasteiger partial charge in [0.15, 0.2) is 5.78 Å². The Balaban J connectivity index is 2.64. The fourth-order valence-electron chi connectivity index (χ4n) is 1.24. The highest BCUT2D eigenvalue weighted by Gasteiger charge is 2.16. The summed E-state index contributed by atoms with van der Waals surface area (Å²) in [4.78, 5) is 22.9. The zero-order valence-corrected chi connectivity index (χ0v) is 12.2. The first-order valence-corrected chi connectivity index (χ1v) is 6.63. The molecule has 0 bridgehead atoms. The molecule has 0 aliphatic rings. The number of nitrogens with one attached hydrogen (secondary N) is 1. The lowest BCUT2D eigenvalue weighted by Crippen LogP contribution is -2.38. The van der Waals surface area contributed by atoms with Crippen molar-refractivity contribution in [3.63, 3.8) is 0 Å². The molecule has 0 fully saturated rings. The van der Waals surface area contributed by atoms with Crippen LogP contribution in [0.3, 0.4) is 0 Å². The van der Waals surface area contributed by atoms with E-state index in [1.807, 2.05) is 0 Å². The average molecular weight is 308 g/mol. The minimum Gasteiger partial charge on any atom is -0.470 e. The van der Waals surface area contributed by atoms with Gasteiger partial charge in [0.25, 0.3) is 0 Å². The highest BCUT2D eigenvalue weighted by atomic mass is 79.9. The molecule has 92 valence electrons. The zero-order chi connectivity index (χ0) is 13.8. The van der Waals surface area contributed by atoms with Gasteiger partial charge in [0.1, 0.15) is 23.5 Å². The van der Waals surface area contributed by atoms with Crippen molar-refractivity contribution in [1.82, 2.24) is 0 Å². The third kappa shape index (κ3) is 5.00. The number of benzene rings is 1. The summed E-state index contributed by atoms with van der Waals surface area (Å²) in [6.07, 6.45) is -0.512. The number of Topliss-reactive ketones (excluding diaryl/α,β-unsaturated/α-hetero) is 1. The Kier molecular flexibility index (Phi) is 5.08. The Bertz CT molecular complexity index is 445. The molecule has 4 nitrogen and oxygen atoms in total. The minimum absolute atomic E-state index is 0.00109. The van der Waals surface area contributed by atoms with Crippen LogP contribution in [-0.2, 0) is 4.74 Å². The van der Waals surface area contributed by atoms with E-state index in [-0.39, 0.29) is 11.1 Å². The molecular weight excluding hydrogens is 294 g/mol. The van der Waals surface area contributed by atoms with Crippen LogP contribution in [0.4, 0.5) is 10.5 Å². The number of carbonyl (C=O) groups excluding carboxylic acids is 2. The van der Waals surface area contributed by atoms with Crippen LogP contribution < -0.4 is 5.32 Å². The van der Waals surface area contributed by atoms with Gasteiger partial charge in [-0.3, -0.25) is 10.1 Å². The fraction of sp³-hybridized carbons (Fsp3) is 0.200. The highest BCUT2D eigenvalue weighted by Crippen LogP contribution is 2.11. The van der Waals surface area contributed by atoms with Gasteiger partial charge in [-0.25, -0.2) is 4.79 Å². The number of anilines is 1. The molecule has 0 unspecified atom stereocenters. The maximum Gasteiger partial charge on any atom is 0.409 e. The van der Waals surface area contributed by atoms with Crippen LogP contribution in [0.1, 0.15) is 10.4 Å². The Labute approximate surface area is 117 Å². The summed E-state index contributed by atoms with van der Waals surface area (Å²) in [7, 11) is 5.39. The number of alkyl halides is 1. The predicted octanol–water partition coefficient (Wildman–Crippen LogP) is -0.677. The predicted molar refractivity (Wildman–Crippen MR) is 83.0 cm³/mol. The van der Waals surface area contributed by atoms with E-state index in [1.54, 1.807) is 47.8 Å². The van der Waals surface area contributed by atoms with Crippen molar-refractivity contribution >= 4 is 57.0 Å². The monoisotopic (exact) mass is 307 g/mol. The lowest BCUT2D eigenvalue weighted by atomic mass is 9.52. The van der Waals surface area contributed by atoms with Crippen LogP contribution in [0.5, 0.6) is 0 Å². The quantitative estimate of drug-likeness (QED) is 0.456. The topological polar surface area (TPSA) is 55.4 Å². The largest absolute Gasteiger partial charge is 0.470 e. The summed E-state index contributed by atoms with van der Waals surface area (Å²) in [6, 6.07) is 6.66. The van der Waals surface area contributed by atoms with Crippen molar-refractivity contribution in [3.05, 3.63) is 29.8 Å². The molecule has 0 atom stereocenters. The number of amides is 1. The van der Waals surface area contributed by atoms with Crippen LogP contribution >= 0.6 is 15.9 Å². The molecule has 0 radical (unpaired) electrons. The van der Waals surface area contributed by atoms with Gasteiger partial charge < -0.3 is 4.74 Å². The first-order chi connectivity index (χ1) is 8.31. The van der Waals surface area contributed by atoms with Crippen molar-refractivity contribution in [3.8, 4) is 0 Å². The maximum absolute atomic E-state index is 11.5. The van der Waals surface area contributed by atoms with Gasteiger partial charge in [0, 0.05) is 16.5 Å². The second kappa shape index (κ2) is 6.13. The van der Waals surface area contributed by atoms with E-state index in [4.69, 9.17) is 4.74 Å². The van der Waals surface area contributed by atoms with Crippen molar-refractivity contribution in [2.24, 2.45) is 0 Å². The summed E-state index contributed by atoms with van der Waals surface area (Å²) in [5.74, 6) is -0.00109. The van der Waals surface area contributed by atoms with E-state index >= 15 is 0 Å². The lowest BCUT2D eigenvalue weighted by molar-refractivity contribution is 0.102. The third-order valence-electron chi connectivity index (χ3n) is 1.97. The van der Waals surface area contributed by atoms with Gasteiger partial charge in [-0.05, 0) is 24.3 Å². The molecule has 1 aromatic rings. The molecule has 18 heavy (non-hydrogen) atoms. The van der Waals surface area contributed by atoms with Gasteiger partial charge in [-0.15, -0.1) is 0 Å². The van der Waals surface area contributed by atoms with Crippen LogP contribution in [0.25, 0.3) is 0 Å². The van der Waals surface area contributed by atoms with Gasteiger partial charge in [-0.1, -0.05) is 15.9 Å². The summed E-state index contributed by atoms with van der Waals surface area (Å²) in [5.41, 5.74) is 1.19. The number of ketones is 1. The SMILES string of the molecule is BC(B)(B)OC(=O)Nc1ccc(C(=O)CBr)cc1. The molecule has 1 aromatic carbocycles. The van der Waals surface area contributed by atoms with Gasteiger partial charge >= 0.3 is 6.09 Å². The second-order valence-corrected chi connectivity index (χ2v) is 5.32. The van der Waals surface area contributed by atoms with Crippen LogP contribution in [0.2, 0.25) is 0 Å². The molecule has 0 aliphatic carbocycles. The number of ether oxygens (including phenoxy) is 1. The first kappa shape index (κ1) is 14.9. The molecular formula is C10H13B3BrNO3. The smallest absolute Gasteiger partial charge is 0.409 e. The fourth-order valence-corrected chi connectivity index (χ4v) is 1.56. The standard InChI is InChI=1S/C10H13B3BrNO3/c11-10(12,13)18-9(17)15-7-3-1-6(2-4-7)8(16)5-14/h1-4H,5,11-13H2,(H,15,17). The Morgan fingerprint density at radius 3 is 2.22 bits per heavy atom. The molecule has 1 rings (SSSR count). The number of rotatable bonds is 4. The molecule has 0 saturated carbocycles. The number of carbonyl (C=O) groups is 2. The van der Waals surface area contributed by atoms with Gasteiger partial charge in [-0.2, -0.15) is 0 Å². The van der Waals surface area contributed by atoms with Gasteiger partial charge in [0.2, 0.25) is 0 Å². The van der Waals surface area contributed by atoms with E-state index in [0.29, 0.717) is 11.3 Å². The van der Waals surface area contributed by atoms with Crippen LogP contribution in [-0.4, -0.2) is 46.0 Å². The molecule has 0 saturated heterocycles. The number of hydrogen-bond donors (Lipinski definition) is 1. The van der Waals surface area contributed by atoms with Gasteiger partial charge in [0.05, 0.1) is 5.33 Å². The van der Waals surface area contributed by atoms with E-state index in [1.165, 1.54) is 0 Å². The van der Waals surface area contributed by atoms with E-state index < -0.39 is 11.4 Å². The van der Waals surface area contributed by atoms with Crippen LogP contribution in [0.15, 0.2) is 24.3 Å². The van der Waals surface area contributed by atoms with Crippen LogP contribution in [0, 0.1) is 0 Å².